The van der Waals surface area contributed by atoms with E-state index in [0.717, 1.165) is 32.5 Å². The van der Waals surface area contributed by atoms with E-state index >= 15 is 0 Å². The summed E-state index contributed by atoms with van der Waals surface area (Å²) >= 11 is 7.63. The second-order valence-corrected chi connectivity index (χ2v) is 6.60. The fraction of sp³-hybridized carbons (Fsp3) is 0.286. The van der Waals surface area contributed by atoms with Gasteiger partial charge >= 0.3 is 0 Å². The number of imidazole rings is 1. The Morgan fingerprint density at radius 1 is 1.35 bits per heavy atom. The summed E-state index contributed by atoms with van der Waals surface area (Å²) in [4.78, 5) is 10.1. The van der Waals surface area contributed by atoms with Crippen LogP contribution >= 0.6 is 22.9 Å². The van der Waals surface area contributed by atoms with Crippen molar-refractivity contribution in [3.63, 3.8) is 0 Å². The molecule has 1 aliphatic carbocycles. The molecule has 0 bridgehead atoms. The van der Waals surface area contributed by atoms with Gasteiger partial charge < -0.3 is 10.3 Å². The summed E-state index contributed by atoms with van der Waals surface area (Å²) in [6, 6.07) is 6.37. The van der Waals surface area contributed by atoms with Crippen LogP contribution in [0.2, 0.25) is 5.02 Å². The van der Waals surface area contributed by atoms with E-state index in [2.05, 4.69) is 9.55 Å². The molecule has 0 aliphatic heterocycles. The van der Waals surface area contributed by atoms with Gasteiger partial charge in [0.25, 0.3) is 0 Å². The summed E-state index contributed by atoms with van der Waals surface area (Å²) in [6.07, 6.45) is 2.39. The molecule has 2 heterocycles. The van der Waals surface area contributed by atoms with E-state index < -0.39 is 0 Å². The van der Waals surface area contributed by atoms with E-state index in [9.17, 15) is 0 Å². The smallest absolute Gasteiger partial charge is 0.180 e. The highest BCUT2D eigenvalue weighted by Crippen LogP contribution is 2.43. The molecular weight excluding hydrogens is 292 g/mol. The predicted molar refractivity (Wildman–Crippen MR) is 83.3 cm³/mol. The van der Waals surface area contributed by atoms with Crippen molar-refractivity contribution < 1.29 is 0 Å². The zero-order valence-electron chi connectivity index (χ0n) is 10.9. The van der Waals surface area contributed by atoms with Gasteiger partial charge in [-0.15, -0.1) is 0 Å². The number of hydrogen-bond donors (Lipinski definition) is 1. The SMILES string of the molecule is Cc1nc(N)sc1-c1nc2ccc(Cl)cc2n1C1CC1. The van der Waals surface area contributed by atoms with Crippen LogP contribution in [0.15, 0.2) is 18.2 Å². The quantitative estimate of drug-likeness (QED) is 0.777. The molecular formula is C14H13ClN4S. The first kappa shape index (κ1) is 12.2. The van der Waals surface area contributed by atoms with Gasteiger partial charge in [0.05, 0.1) is 21.6 Å². The topological polar surface area (TPSA) is 56.7 Å². The number of benzene rings is 1. The van der Waals surface area contributed by atoms with Crippen molar-refractivity contribution in [2.45, 2.75) is 25.8 Å². The number of nitrogens with two attached hydrogens (primary N) is 1. The van der Waals surface area contributed by atoms with E-state index in [4.69, 9.17) is 22.3 Å². The molecule has 0 atom stereocenters. The van der Waals surface area contributed by atoms with Crippen LogP contribution in [0.1, 0.15) is 24.6 Å². The van der Waals surface area contributed by atoms with Gasteiger partial charge in [0, 0.05) is 11.1 Å². The second-order valence-electron chi connectivity index (χ2n) is 5.14. The highest BCUT2D eigenvalue weighted by Gasteiger charge is 2.30. The number of aromatic nitrogens is 3. The molecule has 0 amide bonds. The molecule has 1 aliphatic rings. The first-order chi connectivity index (χ1) is 9.63. The normalized spacial score (nSPS) is 15.1. The lowest BCUT2D eigenvalue weighted by Gasteiger charge is -2.06. The maximum Gasteiger partial charge on any atom is 0.180 e. The van der Waals surface area contributed by atoms with Crippen molar-refractivity contribution in [1.29, 1.82) is 0 Å². The Hall–Kier alpha value is -1.59. The Morgan fingerprint density at radius 2 is 2.15 bits per heavy atom. The monoisotopic (exact) mass is 304 g/mol. The fourth-order valence-corrected chi connectivity index (χ4v) is 3.54. The Bertz CT molecular complexity index is 816. The molecule has 0 saturated heterocycles. The van der Waals surface area contributed by atoms with Crippen molar-refractivity contribution in [2.24, 2.45) is 0 Å². The summed E-state index contributed by atoms with van der Waals surface area (Å²) in [7, 11) is 0. The summed E-state index contributed by atoms with van der Waals surface area (Å²) in [5.74, 6) is 0.969. The van der Waals surface area contributed by atoms with E-state index in [1.165, 1.54) is 24.2 Å². The third kappa shape index (κ3) is 1.81. The molecule has 6 heteroatoms. The number of rotatable bonds is 2. The number of nitrogens with zero attached hydrogens (tertiary/aromatic N) is 3. The number of fused-ring (bicyclic) bond motifs is 1. The summed E-state index contributed by atoms with van der Waals surface area (Å²) in [5, 5.41) is 1.33. The number of aryl methyl sites for hydroxylation is 1. The minimum absolute atomic E-state index is 0.524. The maximum atomic E-state index is 6.14. The van der Waals surface area contributed by atoms with Crippen molar-refractivity contribution in [2.75, 3.05) is 5.73 Å². The number of hydrogen-bond acceptors (Lipinski definition) is 4. The first-order valence-electron chi connectivity index (χ1n) is 6.54. The number of halogens is 1. The average molecular weight is 305 g/mol. The van der Waals surface area contributed by atoms with E-state index in [1.54, 1.807) is 0 Å². The van der Waals surface area contributed by atoms with Crippen LogP contribution in [0.5, 0.6) is 0 Å². The number of nitrogen functional groups attached to an aromatic ring is 1. The summed E-state index contributed by atoms with van der Waals surface area (Å²) in [6.45, 7) is 1.98. The van der Waals surface area contributed by atoms with Gasteiger partial charge in [-0.05, 0) is 38.0 Å². The highest BCUT2D eigenvalue weighted by atomic mass is 35.5. The van der Waals surface area contributed by atoms with Crippen LogP contribution in [0, 0.1) is 6.92 Å². The highest BCUT2D eigenvalue weighted by molar-refractivity contribution is 7.18. The molecule has 4 nitrogen and oxygen atoms in total. The van der Waals surface area contributed by atoms with Gasteiger partial charge in [-0.2, -0.15) is 0 Å². The number of anilines is 1. The van der Waals surface area contributed by atoms with E-state index in [1.807, 2.05) is 25.1 Å². The van der Waals surface area contributed by atoms with Crippen molar-refractivity contribution >= 4 is 39.1 Å². The van der Waals surface area contributed by atoms with Gasteiger partial charge in [-0.3, -0.25) is 0 Å². The molecule has 1 saturated carbocycles. The van der Waals surface area contributed by atoms with Crippen LogP contribution < -0.4 is 5.73 Å². The molecule has 4 rings (SSSR count). The standard InChI is InChI=1S/C14H13ClN4S/c1-7-12(20-14(16)17-7)13-18-10-5-2-8(15)6-11(10)19(13)9-3-4-9/h2,5-6,9H,3-4H2,1H3,(H2,16,17). The Morgan fingerprint density at radius 3 is 2.80 bits per heavy atom. The second kappa shape index (κ2) is 4.20. The molecule has 102 valence electrons. The molecule has 2 aromatic heterocycles. The zero-order chi connectivity index (χ0) is 13.9. The zero-order valence-corrected chi connectivity index (χ0v) is 12.5. The van der Waals surface area contributed by atoms with Crippen molar-refractivity contribution in [3.8, 4) is 10.7 Å². The Balaban J connectivity index is 2.03. The summed E-state index contributed by atoms with van der Waals surface area (Å²) < 4.78 is 2.29. The van der Waals surface area contributed by atoms with Crippen LogP contribution in [0.4, 0.5) is 5.13 Å². The molecule has 0 spiro atoms. The molecule has 1 fully saturated rings. The van der Waals surface area contributed by atoms with Crippen LogP contribution in [-0.2, 0) is 0 Å². The molecule has 1 aromatic carbocycles. The van der Waals surface area contributed by atoms with Crippen molar-refractivity contribution in [1.82, 2.24) is 14.5 Å². The van der Waals surface area contributed by atoms with Gasteiger partial charge in [-0.1, -0.05) is 22.9 Å². The van der Waals surface area contributed by atoms with Crippen LogP contribution in [-0.4, -0.2) is 14.5 Å². The molecule has 3 aromatic rings. The number of thiazole rings is 1. The lowest BCUT2D eigenvalue weighted by molar-refractivity contribution is 0.776. The molecule has 0 radical (unpaired) electrons. The van der Waals surface area contributed by atoms with Crippen LogP contribution in [0.3, 0.4) is 0 Å². The maximum absolute atomic E-state index is 6.14. The Labute approximate surface area is 125 Å². The fourth-order valence-electron chi connectivity index (χ4n) is 2.55. The minimum Gasteiger partial charge on any atom is -0.375 e. The third-order valence-corrected chi connectivity index (χ3v) is 4.80. The third-order valence-electron chi connectivity index (χ3n) is 3.58. The largest absolute Gasteiger partial charge is 0.375 e. The molecule has 0 unspecified atom stereocenters. The lowest BCUT2D eigenvalue weighted by Crippen LogP contribution is -1.97. The molecule has 2 N–H and O–H groups in total. The van der Waals surface area contributed by atoms with E-state index in [-0.39, 0.29) is 0 Å². The lowest BCUT2D eigenvalue weighted by atomic mass is 10.3. The Kier molecular flexibility index (Phi) is 2.56. The first-order valence-corrected chi connectivity index (χ1v) is 7.73. The van der Waals surface area contributed by atoms with Crippen LogP contribution in [0.25, 0.3) is 21.7 Å². The van der Waals surface area contributed by atoms with Gasteiger partial charge in [0.15, 0.2) is 11.0 Å². The average Bonchev–Trinajstić information content (AvgIpc) is 3.08. The van der Waals surface area contributed by atoms with Gasteiger partial charge in [-0.25, -0.2) is 9.97 Å². The summed E-state index contributed by atoms with van der Waals surface area (Å²) in [5.41, 5.74) is 8.84. The van der Waals surface area contributed by atoms with Gasteiger partial charge in [0.2, 0.25) is 0 Å². The van der Waals surface area contributed by atoms with Gasteiger partial charge in [0.1, 0.15) is 0 Å². The minimum atomic E-state index is 0.524. The van der Waals surface area contributed by atoms with Crippen molar-refractivity contribution in [3.05, 3.63) is 28.9 Å². The van der Waals surface area contributed by atoms with E-state index in [0.29, 0.717) is 11.2 Å². The molecule has 20 heavy (non-hydrogen) atoms. The predicted octanol–water partition coefficient (Wildman–Crippen LogP) is 4.04.